The van der Waals surface area contributed by atoms with Crippen LogP contribution in [0.4, 0.5) is 4.39 Å². The van der Waals surface area contributed by atoms with Gasteiger partial charge in [0, 0.05) is 43.0 Å². The highest BCUT2D eigenvalue weighted by molar-refractivity contribution is 5.90. The first-order valence-corrected chi connectivity index (χ1v) is 9.39. The number of aromatic nitrogens is 1. The Balaban J connectivity index is 1.67. The monoisotopic (exact) mass is 397 g/mol. The number of carbonyl (C=O) groups excluding carboxylic acids is 1. The molecule has 3 aromatic rings. The van der Waals surface area contributed by atoms with Crippen molar-refractivity contribution in [3.63, 3.8) is 0 Å². The van der Waals surface area contributed by atoms with Crippen LogP contribution in [0.2, 0.25) is 0 Å². The number of amides is 1. The zero-order valence-electron chi connectivity index (χ0n) is 15.9. The van der Waals surface area contributed by atoms with Crippen molar-refractivity contribution in [3.05, 3.63) is 77.2 Å². The number of aromatic amines is 1. The number of hydroxylamine groups is 1. The summed E-state index contributed by atoms with van der Waals surface area (Å²) in [6, 6.07) is 13.0. The number of nitrogens with one attached hydrogen (secondary N) is 2. The number of aliphatic hydroxyl groups is 1. The predicted octanol–water partition coefficient (Wildman–Crippen LogP) is 2.86. The lowest BCUT2D eigenvalue weighted by atomic mass is 10.1. The summed E-state index contributed by atoms with van der Waals surface area (Å²) >= 11 is 0. The van der Waals surface area contributed by atoms with E-state index in [4.69, 9.17) is 5.21 Å². The van der Waals surface area contributed by atoms with Gasteiger partial charge in [-0.3, -0.25) is 14.9 Å². The first-order chi connectivity index (χ1) is 14.1. The van der Waals surface area contributed by atoms with Gasteiger partial charge in [-0.15, -0.1) is 0 Å². The Labute approximate surface area is 168 Å². The fraction of sp³-hybridized carbons (Fsp3) is 0.227. The van der Waals surface area contributed by atoms with E-state index in [9.17, 15) is 14.3 Å². The lowest BCUT2D eigenvalue weighted by molar-refractivity contribution is -0.124. The molecule has 0 saturated carbocycles. The van der Waals surface area contributed by atoms with Gasteiger partial charge in [0.15, 0.2) is 0 Å². The maximum Gasteiger partial charge on any atom is 0.267 e. The van der Waals surface area contributed by atoms with Crippen molar-refractivity contribution in [3.8, 4) is 0 Å². The fourth-order valence-corrected chi connectivity index (χ4v) is 3.31. The van der Waals surface area contributed by atoms with E-state index in [1.807, 2.05) is 18.3 Å². The van der Waals surface area contributed by atoms with Crippen molar-refractivity contribution >= 4 is 22.9 Å². The van der Waals surface area contributed by atoms with E-state index in [-0.39, 0.29) is 12.2 Å². The molecule has 0 aliphatic heterocycles. The molecule has 0 atom stereocenters. The van der Waals surface area contributed by atoms with Crippen molar-refractivity contribution in [2.75, 3.05) is 19.7 Å². The zero-order valence-corrected chi connectivity index (χ0v) is 15.9. The molecule has 1 aromatic heterocycles. The number of para-hydroxylation sites is 1. The summed E-state index contributed by atoms with van der Waals surface area (Å²) in [4.78, 5) is 16.4. The van der Waals surface area contributed by atoms with Crippen LogP contribution in [0.1, 0.15) is 16.7 Å². The van der Waals surface area contributed by atoms with Crippen molar-refractivity contribution in [1.29, 1.82) is 0 Å². The first-order valence-electron chi connectivity index (χ1n) is 9.39. The standard InChI is InChI=1S/C22H24FN3O3/c23-20-14-16(4-5-17(20)6-7-21(28)25-29)15-26(12-13-27)11-9-19-3-1-2-18-8-10-24-22(18)19/h1-8,10,14,24,27,29H,9,11-13,15H2,(H,25,28)/b7-6+. The lowest BCUT2D eigenvalue weighted by Crippen LogP contribution is -2.28. The number of rotatable bonds is 9. The smallest absolute Gasteiger partial charge is 0.267 e. The van der Waals surface area contributed by atoms with Crippen molar-refractivity contribution in [1.82, 2.24) is 15.4 Å². The number of nitrogens with zero attached hydrogens (tertiary/aromatic N) is 1. The molecular formula is C22H24FN3O3. The maximum atomic E-state index is 14.3. The molecule has 0 fully saturated rings. The quantitative estimate of drug-likeness (QED) is 0.254. The van der Waals surface area contributed by atoms with E-state index in [0.717, 1.165) is 35.5 Å². The Kier molecular flexibility index (Phi) is 7.13. The summed E-state index contributed by atoms with van der Waals surface area (Å²) in [5.41, 5.74) is 4.81. The zero-order chi connectivity index (χ0) is 20.6. The molecule has 0 aliphatic rings. The van der Waals surface area contributed by atoms with Crippen LogP contribution in [0, 0.1) is 5.82 Å². The van der Waals surface area contributed by atoms with Gasteiger partial charge in [-0.2, -0.15) is 0 Å². The summed E-state index contributed by atoms with van der Waals surface area (Å²) < 4.78 is 14.3. The molecule has 1 amide bonds. The molecule has 0 spiro atoms. The van der Waals surface area contributed by atoms with Gasteiger partial charge in [-0.05, 0) is 41.1 Å². The highest BCUT2D eigenvalue weighted by Crippen LogP contribution is 2.19. The van der Waals surface area contributed by atoms with Crippen LogP contribution >= 0.6 is 0 Å². The van der Waals surface area contributed by atoms with Crippen molar-refractivity contribution in [2.45, 2.75) is 13.0 Å². The van der Waals surface area contributed by atoms with E-state index < -0.39 is 11.7 Å². The highest BCUT2D eigenvalue weighted by atomic mass is 19.1. The highest BCUT2D eigenvalue weighted by Gasteiger charge is 2.10. The third-order valence-corrected chi connectivity index (χ3v) is 4.78. The average molecular weight is 397 g/mol. The number of halogens is 1. The second-order valence-corrected chi connectivity index (χ2v) is 6.77. The number of hydrogen-bond acceptors (Lipinski definition) is 4. The van der Waals surface area contributed by atoms with Gasteiger partial charge in [0.2, 0.25) is 0 Å². The van der Waals surface area contributed by atoms with Crippen LogP contribution in [0.3, 0.4) is 0 Å². The van der Waals surface area contributed by atoms with Gasteiger partial charge in [0.05, 0.1) is 6.61 Å². The van der Waals surface area contributed by atoms with Crippen molar-refractivity contribution in [2.24, 2.45) is 0 Å². The molecule has 0 bridgehead atoms. The van der Waals surface area contributed by atoms with Gasteiger partial charge >= 0.3 is 0 Å². The largest absolute Gasteiger partial charge is 0.395 e. The van der Waals surface area contributed by atoms with E-state index in [1.54, 1.807) is 12.1 Å². The minimum atomic E-state index is -0.723. The molecule has 0 radical (unpaired) electrons. The molecule has 7 heteroatoms. The molecule has 1 heterocycles. The molecule has 29 heavy (non-hydrogen) atoms. The third kappa shape index (κ3) is 5.51. The van der Waals surface area contributed by atoms with Gasteiger partial charge in [0.25, 0.3) is 5.91 Å². The minimum Gasteiger partial charge on any atom is -0.395 e. The molecule has 2 aromatic carbocycles. The molecular weight excluding hydrogens is 373 g/mol. The van der Waals surface area contributed by atoms with Crippen LogP contribution in [-0.4, -0.2) is 45.8 Å². The van der Waals surface area contributed by atoms with Crippen LogP contribution in [0.25, 0.3) is 17.0 Å². The number of H-pyrrole nitrogens is 1. The molecule has 0 unspecified atom stereocenters. The number of benzene rings is 2. The van der Waals surface area contributed by atoms with E-state index in [1.165, 1.54) is 23.2 Å². The van der Waals surface area contributed by atoms with E-state index in [0.29, 0.717) is 13.1 Å². The second kappa shape index (κ2) is 9.97. The third-order valence-electron chi connectivity index (χ3n) is 4.78. The molecule has 4 N–H and O–H groups in total. The molecule has 3 rings (SSSR count). The van der Waals surface area contributed by atoms with Crippen molar-refractivity contribution < 1.29 is 19.5 Å². The maximum absolute atomic E-state index is 14.3. The average Bonchev–Trinajstić information content (AvgIpc) is 3.21. The summed E-state index contributed by atoms with van der Waals surface area (Å²) in [7, 11) is 0. The number of fused-ring (bicyclic) bond motifs is 1. The molecule has 0 aliphatic carbocycles. The van der Waals surface area contributed by atoms with E-state index in [2.05, 4.69) is 22.0 Å². The normalized spacial score (nSPS) is 11.6. The van der Waals surface area contributed by atoms with Gasteiger partial charge in [-0.1, -0.05) is 30.3 Å². The number of aliphatic hydroxyl groups excluding tert-OH is 1. The second-order valence-electron chi connectivity index (χ2n) is 6.77. The molecule has 152 valence electrons. The van der Waals surface area contributed by atoms with Crippen LogP contribution in [-0.2, 0) is 17.8 Å². The number of hydrogen-bond donors (Lipinski definition) is 4. The van der Waals surface area contributed by atoms with E-state index >= 15 is 0 Å². The summed E-state index contributed by atoms with van der Waals surface area (Å²) in [6.45, 7) is 1.73. The predicted molar refractivity (Wildman–Crippen MR) is 110 cm³/mol. The Morgan fingerprint density at radius 1 is 1.21 bits per heavy atom. The summed E-state index contributed by atoms with van der Waals surface area (Å²) in [5.74, 6) is -1.18. The van der Waals surface area contributed by atoms with Crippen LogP contribution in [0.5, 0.6) is 0 Å². The van der Waals surface area contributed by atoms with Crippen LogP contribution in [0.15, 0.2) is 54.7 Å². The van der Waals surface area contributed by atoms with Gasteiger partial charge in [-0.25, -0.2) is 9.87 Å². The molecule has 0 saturated heterocycles. The van der Waals surface area contributed by atoms with Crippen LogP contribution < -0.4 is 5.48 Å². The fourth-order valence-electron chi connectivity index (χ4n) is 3.31. The Morgan fingerprint density at radius 2 is 2.07 bits per heavy atom. The first kappa shape index (κ1) is 20.7. The van der Waals surface area contributed by atoms with Gasteiger partial charge in [0.1, 0.15) is 5.82 Å². The summed E-state index contributed by atoms with van der Waals surface area (Å²) in [6.07, 6.45) is 5.07. The topological polar surface area (TPSA) is 88.6 Å². The number of carbonyl (C=O) groups is 1. The van der Waals surface area contributed by atoms with Gasteiger partial charge < -0.3 is 10.1 Å². The lowest BCUT2D eigenvalue weighted by Gasteiger charge is -2.22. The Morgan fingerprint density at radius 3 is 2.83 bits per heavy atom. The Hall–Kier alpha value is -3.00. The molecule has 6 nitrogen and oxygen atoms in total. The SMILES string of the molecule is O=C(/C=C/c1ccc(CN(CCO)CCc2cccc3cc[nH]c23)cc1F)NO. The summed E-state index contributed by atoms with van der Waals surface area (Å²) in [5, 5.41) is 19.1. The Bertz CT molecular complexity index is 1000. The minimum absolute atomic E-state index is 0.0201.